The monoisotopic (exact) mass is 585 g/mol. The van der Waals surface area contributed by atoms with E-state index in [9.17, 15) is 5.26 Å². The van der Waals surface area contributed by atoms with Crippen molar-refractivity contribution in [1.82, 2.24) is 9.13 Å². The molecule has 0 amide bonds. The highest BCUT2D eigenvalue weighted by Gasteiger charge is 2.19. The third-order valence-electron chi connectivity index (χ3n) is 9.15. The van der Waals surface area contributed by atoms with Crippen LogP contribution in [0.3, 0.4) is 0 Å². The van der Waals surface area contributed by atoms with E-state index in [4.69, 9.17) is 0 Å². The van der Waals surface area contributed by atoms with Crippen LogP contribution in [0.2, 0.25) is 0 Å². The molecule has 9 rings (SSSR count). The van der Waals surface area contributed by atoms with Crippen molar-refractivity contribution in [3.8, 4) is 39.7 Å². The van der Waals surface area contributed by atoms with Gasteiger partial charge in [0.05, 0.1) is 33.7 Å². The van der Waals surface area contributed by atoms with Crippen molar-refractivity contribution in [2.45, 2.75) is 0 Å². The van der Waals surface area contributed by atoms with Crippen molar-refractivity contribution in [1.29, 1.82) is 5.26 Å². The first kappa shape index (κ1) is 26.1. The number of nitriles is 1. The van der Waals surface area contributed by atoms with Crippen LogP contribution < -0.4 is 0 Å². The Hall–Kier alpha value is -6.37. The summed E-state index contributed by atoms with van der Waals surface area (Å²) in [6, 6.07) is 60.2. The molecule has 7 aromatic carbocycles. The Bertz CT molecular complexity index is 2630. The van der Waals surface area contributed by atoms with Gasteiger partial charge in [-0.3, -0.25) is 0 Å². The van der Waals surface area contributed by atoms with Crippen LogP contribution >= 0.6 is 0 Å². The van der Waals surface area contributed by atoms with E-state index >= 15 is 0 Å². The fourth-order valence-electron chi connectivity index (χ4n) is 7.17. The molecule has 3 heteroatoms. The van der Waals surface area contributed by atoms with E-state index in [-0.39, 0.29) is 0 Å². The SMILES string of the molecule is N#Cc1ccc(-n2c3ccccc3c3c(-c4cccc(-c5cccc6c7ccccc7n(-c7ccccc7)c56)c4)cccc32)cc1. The second-order valence-corrected chi connectivity index (χ2v) is 11.7. The van der Waals surface area contributed by atoms with Gasteiger partial charge < -0.3 is 9.13 Å². The van der Waals surface area contributed by atoms with Gasteiger partial charge in [0.25, 0.3) is 0 Å². The Kier molecular flexibility index (Phi) is 5.88. The summed E-state index contributed by atoms with van der Waals surface area (Å²) in [4.78, 5) is 0. The van der Waals surface area contributed by atoms with Gasteiger partial charge in [0.2, 0.25) is 0 Å². The lowest BCUT2D eigenvalue weighted by molar-refractivity contribution is 1.18. The summed E-state index contributed by atoms with van der Waals surface area (Å²) in [5.74, 6) is 0. The van der Waals surface area contributed by atoms with E-state index in [0.29, 0.717) is 5.56 Å². The van der Waals surface area contributed by atoms with Gasteiger partial charge in [0, 0.05) is 38.5 Å². The molecule has 0 saturated heterocycles. The van der Waals surface area contributed by atoms with Crippen LogP contribution in [0, 0.1) is 11.3 Å². The van der Waals surface area contributed by atoms with Crippen molar-refractivity contribution in [2.24, 2.45) is 0 Å². The minimum atomic E-state index is 0.656. The highest BCUT2D eigenvalue weighted by molar-refractivity contribution is 6.17. The van der Waals surface area contributed by atoms with E-state index in [2.05, 4.69) is 155 Å². The van der Waals surface area contributed by atoms with Crippen molar-refractivity contribution in [3.05, 3.63) is 169 Å². The quantitative estimate of drug-likeness (QED) is 0.202. The summed E-state index contributed by atoms with van der Waals surface area (Å²) in [6.45, 7) is 0. The Morgan fingerprint density at radius 3 is 1.76 bits per heavy atom. The van der Waals surface area contributed by atoms with Crippen molar-refractivity contribution >= 4 is 43.6 Å². The first-order valence-corrected chi connectivity index (χ1v) is 15.5. The van der Waals surface area contributed by atoms with Gasteiger partial charge in [-0.05, 0) is 77.4 Å². The second-order valence-electron chi connectivity index (χ2n) is 11.7. The minimum absolute atomic E-state index is 0.656. The van der Waals surface area contributed by atoms with Crippen molar-refractivity contribution < 1.29 is 0 Å². The molecular formula is C43H27N3. The van der Waals surface area contributed by atoms with Crippen LogP contribution in [0.1, 0.15) is 5.56 Å². The lowest BCUT2D eigenvalue weighted by Gasteiger charge is -2.13. The Labute approximate surface area is 266 Å². The predicted molar refractivity (Wildman–Crippen MR) is 191 cm³/mol. The standard InChI is InChI=1S/C43H27N3/c44-28-29-23-25-33(26-24-29)45-40-21-7-5-16-38(40)42-34(17-10-22-41(42)45)30-11-8-12-31(27-30)35-18-9-19-37-36-15-4-6-20-39(36)46(43(35)37)32-13-2-1-3-14-32/h1-27H. The summed E-state index contributed by atoms with van der Waals surface area (Å²) < 4.78 is 4.71. The maximum absolute atomic E-state index is 9.38. The molecule has 46 heavy (non-hydrogen) atoms. The van der Waals surface area contributed by atoms with Gasteiger partial charge in [-0.25, -0.2) is 0 Å². The third-order valence-corrected chi connectivity index (χ3v) is 9.15. The molecule has 2 aromatic heterocycles. The highest BCUT2D eigenvalue weighted by Crippen LogP contribution is 2.42. The first-order chi connectivity index (χ1) is 22.8. The number of para-hydroxylation sites is 4. The van der Waals surface area contributed by atoms with E-state index in [1.165, 1.54) is 54.8 Å². The molecule has 214 valence electrons. The maximum Gasteiger partial charge on any atom is 0.0991 e. The largest absolute Gasteiger partial charge is 0.309 e. The molecule has 0 radical (unpaired) electrons. The second kappa shape index (κ2) is 10.4. The molecule has 0 fully saturated rings. The predicted octanol–water partition coefficient (Wildman–Crippen LogP) is 11.1. The molecule has 0 aliphatic rings. The Morgan fingerprint density at radius 1 is 0.413 bits per heavy atom. The third kappa shape index (κ3) is 3.91. The van der Waals surface area contributed by atoms with Gasteiger partial charge in [0.1, 0.15) is 0 Å². The molecule has 2 heterocycles. The summed E-state index contributed by atoms with van der Waals surface area (Å²) in [6.07, 6.45) is 0. The number of fused-ring (bicyclic) bond motifs is 6. The van der Waals surface area contributed by atoms with Crippen LogP contribution in [0.5, 0.6) is 0 Å². The lowest BCUT2D eigenvalue weighted by Crippen LogP contribution is -1.95. The van der Waals surface area contributed by atoms with Gasteiger partial charge >= 0.3 is 0 Å². The molecular weight excluding hydrogens is 558 g/mol. The molecule has 0 saturated carbocycles. The molecule has 0 bridgehead atoms. The fraction of sp³-hybridized carbons (Fsp3) is 0. The van der Waals surface area contributed by atoms with Crippen LogP contribution in [-0.2, 0) is 0 Å². The topological polar surface area (TPSA) is 33.6 Å². The zero-order chi connectivity index (χ0) is 30.6. The Morgan fingerprint density at radius 2 is 0.978 bits per heavy atom. The summed E-state index contributed by atoms with van der Waals surface area (Å²) in [5, 5.41) is 14.3. The number of hydrogen-bond acceptors (Lipinski definition) is 1. The molecule has 9 aromatic rings. The molecule has 0 aliphatic carbocycles. The summed E-state index contributed by atoms with van der Waals surface area (Å²) >= 11 is 0. The zero-order valence-corrected chi connectivity index (χ0v) is 24.9. The van der Waals surface area contributed by atoms with Crippen molar-refractivity contribution in [3.63, 3.8) is 0 Å². The van der Waals surface area contributed by atoms with Crippen LogP contribution in [-0.4, -0.2) is 9.13 Å². The number of benzene rings is 7. The average molecular weight is 586 g/mol. The normalized spacial score (nSPS) is 11.5. The summed E-state index contributed by atoms with van der Waals surface area (Å²) in [7, 11) is 0. The number of hydrogen-bond donors (Lipinski definition) is 0. The van der Waals surface area contributed by atoms with E-state index in [1.54, 1.807) is 0 Å². The lowest BCUT2D eigenvalue weighted by atomic mass is 9.95. The first-order valence-electron chi connectivity index (χ1n) is 15.5. The molecule has 0 unspecified atom stereocenters. The number of nitrogens with zero attached hydrogens (tertiary/aromatic N) is 3. The van der Waals surface area contributed by atoms with Gasteiger partial charge in [0.15, 0.2) is 0 Å². The van der Waals surface area contributed by atoms with Crippen LogP contribution in [0.25, 0.3) is 77.2 Å². The summed E-state index contributed by atoms with van der Waals surface area (Å²) in [5.41, 5.74) is 12.3. The molecule has 0 N–H and O–H groups in total. The molecule has 0 atom stereocenters. The minimum Gasteiger partial charge on any atom is -0.309 e. The maximum atomic E-state index is 9.38. The smallest absolute Gasteiger partial charge is 0.0991 e. The fourth-order valence-corrected chi connectivity index (χ4v) is 7.17. The van der Waals surface area contributed by atoms with Crippen LogP contribution in [0.15, 0.2) is 164 Å². The van der Waals surface area contributed by atoms with Gasteiger partial charge in [-0.2, -0.15) is 5.26 Å². The number of aromatic nitrogens is 2. The molecule has 0 aliphatic heterocycles. The average Bonchev–Trinajstić information content (AvgIpc) is 3.65. The van der Waals surface area contributed by atoms with Gasteiger partial charge in [-0.15, -0.1) is 0 Å². The number of rotatable bonds is 4. The highest BCUT2D eigenvalue weighted by atomic mass is 15.0. The van der Waals surface area contributed by atoms with Crippen LogP contribution in [0.4, 0.5) is 0 Å². The van der Waals surface area contributed by atoms with E-state index in [0.717, 1.165) is 22.4 Å². The van der Waals surface area contributed by atoms with E-state index in [1.807, 2.05) is 24.3 Å². The van der Waals surface area contributed by atoms with Gasteiger partial charge in [-0.1, -0.05) is 103 Å². The van der Waals surface area contributed by atoms with E-state index < -0.39 is 0 Å². The zero-order valence-electron chi connectivity index (χ0n) is 24.9. The molecule has 0 spiro atoms. The Balaban J connectivity index is 1.29. The van der Waals surface area contributed by atoms with Crippen molar-refractivity contribution in [2.75, 3.05) is 0 Å². The molecule has 3 nitrogen and oxygen atoms in total.